The monoisotopic (exact) mass is 440 g/mol. The molecule has 138 valence electrons. The summed E-state index contributed by atoms with van der Waals surface area (Å²) in [4.78, 5) is 7.22. The maximum Gasteiger partial charge on any atom is 0.191 e. The number of piperidine rings is 1. The van der Waals surface area contributed by atoms with Gasteiger partial charge in [-0.05, 0) is 65.6 Å². The van der Waals surface area contributed by atoms with Crippen LogP contribution < -0.4 is 10.6 Å². The summed E-state index contributed by atoms with van der Waals surface area (Å²) >= 11 is 0. The molecule has 0 aromatic rings. The van der Waals surface area contributed by atoms with E-state index >= 15 is 0 Å². The van der Waals surface area contributed by atoms with Crippen LogP contribution in [0, 0.1) is 5.92 Å². The molecule has 0 bridgehead atoms. The first kappa shape index (κ1) is 22.9. The highest BCUT2D eigenvalue weighted by Gasteiger charge is 2.19. The maximum absolute atomic E-state index is 5.43. The summed E-state index contributed by atoms with van der Waals surface area (Å²) in [6.45, 7) is 14.8. The van der Waals surface area contributed by atoms with E-state index < -0.39 is 0 Å². The molecule has 1 aliphatic rings. The van der Waals surface area contributed by atoms with Gasteiger partial charge < -0.3 is 20.3 Å². The van der Waals surface area contributed by atoms with Crippen LogP contribution in [0.3, 0.4) is 0 Å². The summed E-state index contributed by atoms with van der Waals surface area (Å²) < 4.78 is 5.43. The van der Waals surface area contributed by atoms with E-state index in [1.807, 2.05) is 0 Å². The molecule has 1 saturated heterocycles. The zero-order valence-electron chi connectivity index (χ0n) is 15.7. The van der Waals surface area contributed by atoms with Gasteiger partial charge in [0.25, 0.3) is 0 Å². The minimum atomic E-state index is -0.214. The van der Waals surface area contributed by atoms with E-state index in [9.17, 15) is 0 Å². The van der Waals surface area contributed by atoms with Crippen LogP contribution in [-0.4, -0.2) is 62.8 Å². The van der Waals surface area contributed by atoms with Gasteiger partial charge in [-0.25, -0.2) is 0 Å². The van der Waals surface area contributed by atoms with Gasteiger partial charge in [0.15, 0.2) is 5.96 Å². The Morgan fingerprint density at radius 3 is 2.39 bits per heavy atom. The third kappa shape index (κ3) is 9.72. The molecule has 0 spiro atoms. The quantitative estimate of drug-likeness (QED) is 0.346. The normalized spacial score (nSPS) is 17.7. The van der Waals surface area contributed by atoms with Crippen molar-refractivity contribution in [2.45, 2.75) is 52.6 Å². The third-order valence-electron chi connectivity index (χ3n) is 4.32. The maximum atomic E-state index is 5.43. The van der Waals surface area contributed by atoms with Crippen LogP contribution in [0.2, 0.25) is 0 Å². The topological polar surface area (TPSA) is 48.9 Å². The van der Waals surface area contributed by atoms with Crippen molar-refractivity contribution in [3.63, 3.8) is 0 Å². The number of rotatable bonds is 8. The highest BCUT2D eigenvalue weighted by Crippen LogP contribution is 2.16. The van der Waals surface area contributed by atoms with Gasteiger partial charge in [0.1, 0.15) is 0 Å². The zero-order chi connectivity index (χ0) is 16.4. The number of nitrogens with zero attached hydrogens (tertiary/aromatic N) is 2. The highest BCUT2D eigenvalue weighted by atomic mass is 127. The number of ether oxygens (including phenoxy) is 1. The second kappa shape index (κ2) is 12.3. The van der Waals surface area contributed by atoms with E-state index in [1.54, 1.807) is 7.11 Å². The Hall–Kier alpha value is -0.0800. The molecule has 1 aliphatic heterocycles. The van der Waals surface area contributed by atoms with Crippen molar-refractivity contribution in [2.24, 2.45) is 10.9 Å². The Morgan fingerprint density at radius 1 is 1.22 bits per heavy atom. The molecule has 1 rings (SSSR count). The van der Waals surface area contributed by atoms with Crippen molar-refractivity contribution in [3.05, 3.63) is 0 Å². The average Bonchev–Trinajstić information content (AvgIpc) is 2.52. The van der Waals surface area contributed by atoms with E-state index in [4.69, 9.17) is 4.74 Å². The molecule has 2 N–H and O–H groups in total. The molecule has 5 nitrogen and oxygen atoms in total. The average molecular weight is 440 g/mol. The molecule has 0 amide bonds. The van der Waals surface area contributed by atoms with Crippen LogP contribution in [0.25, 0.3) is 0 Å². The van der Waals surface area contributed by atoms with Crippen molar-refractivity contribution < 1.29 is 4.74 Å². The summed E-state index contributed by atoms with van der Waals surface area (Å²) in [5.74, 6) is 1.66. The second-order valence-electron chi connectivity index (χ2n) is 6.82. The van der Waals surface area contributed by atoms with Crippen molar-refractivity contribution in [3.8, 4) is 0 Å². The van der Waals surface area contributed by atoms with Crippen molar-refractivity contribution in [1.82, 2.24) is 15.5 Å². The molecule has 0 aliphatic carbocycles. The molecule has 6 heteroatoms. The molecule has 0 aromatic heterocycles. The third-order valence-corrected chi connectivity index (χ3v) is 4.32. The summed E-state index contributed by atoms with van der Waals surface area (Å²) in [6.07, 6.45) is 3.83. The van der Waals surface area contributed by atoms with Gasteiger partial charge in [0.2, 0.25) is 0 Å². The number of halogens is 1. The van der Waals surface area contributed by atoms with Crippen LogP contribution >= 0.6 is 24.0 Å². The van der Waals surface area contributed by atoms with Gasteiger partial charge in [-0.2, -0.15) is 0 Å². The smallest absolute Gasteiger partial charge is 0.191 e. The first-order valence-corrected chi connectivity index (χ1v) is 8.80. The van der Waals surface area contributed by atoms with E-state index in [1.165, 1.54) is 38.9 Å². The number of hydrogen-bond acceptors (Lipinski definition) is 3. The van der Waals surface area contributed by atoms with Gasteiger partial charge in [0, 0.05) is 20.2 Å². The van der Waals surface area contributed by atoms with Gasteiger partial charge >= 0.3 is 0 Å². The van der Waals surface area contributed by atoms with Crippen LogP contribution in [0.1, 0.15) is 47.0 Å². The Morgan fingerprint density at radius 2 is 1.87 bits per heavy atom. The van der Waals surface area contributed by atoms with Crippen LogP contribution in [0.15, 0.2) is 4.99 Å². The molecule has 23 heavy (non-hydrogen) atoms. The first-order valence-electron chi connectivity index (χ1n) is 8.80. The van der Waals surface area contributed by atoms with E-state index in [-0.39, 0.29) is 29.6 Å². The Labute approximate surface area is 160 Å². The lowest BCUT2D eigenvalue weighted by atomic mass is 9.97. The summed E-state index contributed by atoms with van der Waals surface area (Å²) in [6, 6.07) is 0. The fraction of sp³-hybridized carbons (Fsp3) is 0.941. The Bertz CT molecular complexity index is 329. The predicted molar refractivity (Wildman–Crippen MR) is 110 cm³/mol. The Kier molecular flexibility index (Phi) is 12.3. The minimum Gasteiger partial charge on any atom is -0.377 e. The molecule has 0 atom stereocenters. The SMILES string of the molecule is CCCN1CCC(CNC(=NCC(C)(C)OC)NCC)CC1.I. The number of aliphatic imine (C=N–C) groups is 1. The van der Waals surface area contributed by atoms with Gasteiger partial charge in [0.05, 0.1) is 12.1 Å². The van der Waals surface area contributed by atoms with E-state index in [2.05, 4.69) is 48.2 Å². The minimum absolute atomic E-state index is 0. The van der Waals surface area contributed by atoms with E-state index in [0.717, 1.165) is 25.0 Å². The molecule has 0 radical (unpaired) electrons. The van der Waals surface area contributed by atoms with E-state index in [0.29, 0.717) is 6.54 Å². The molecule has 1 fully saturated rings. The van der Waals surface area contributed by atoms with Crippen molar-refractivity contribution in [2.75, 3.05) is 46.4 Å². The number of likely N-dealkylation sites (tertiary alicyclic amines) is 1. The lowest BCUT2D eigenvalue weighted by Gasteiger charge is -2.32. The fourth-order valence-corrected chi connectivity index (χ4v) is 2.65. The number of nitrogens with one attached hydrogen (secondary N) is 2. The lowest BCUT2D eigenvalue weighted by Crippen LogP contribution is -2.43. The molecule has 0 unspecified atom stereocenters. The molecule has 1 heterocycles. The number of guanidine groups is 1. The van der Waals surface area contributed by atoms with Crippen LogP contribution in [-0.2, 0) is 4.74 Å². The zero-order valence-corrected chi connectivity index (χ0v) is 18.0. The second-order valence-corrected chi connectivity index (χ2v) is 6.82. The largest absolute Gasteiger partial charge is 0.377 e. The predicted octanol–water partition coefficient (Wildman–Crippen LogP) is 2.71. The van der Waals surface area contributed by atoms with Crippen LogP contribution in [0.5, 0.6) is 0 Å². The number of methoxy groups -OCH3 is 1. The summed E-state index contributed by atoms with van der Waals surface area (Å²) in [7, 11) is 1.74. The lowest BCUT2D eigenvalue weighted by molar-refractivity contribution is 0.0310. The summed E-state index contributed by atoms with van der Waals surface area (Å²) in [5, 5.41) is 6.82. The first-order chi connectivity index (χ1) is 10.5. The standard InChI is InChI=1S/C17H36N4O.HI/c1-6-10-21-11-8-15(9-12-21)13-19-16(18-7-2)20-14-17(3,4)22-5;/h15H,6-14H2,1-5H3,(H2,18,19,20);1H. The van der Waals surface area contributed by atoms with Crippen molar-refractivity contribution >= 4 is 29.9 Å². The fourth-order valence-electron chi connectivity index (χ4n) is 2.65. The summed E-state index contributed by atoms with van der Waals surface area (Å²) in [5.41, 5.74) is -0.214. The number of hydrogen-bond donors (Lipinski definition) is 2. The molecular weight excluding hydrogens is 403 g/mol. The van der Waals surface area contributed by atoms with Crippen LogP contribution in [0.4, 0.5) is 0 Å². The van der Waals surface area contributed by atoms with Gasteiger partial charge in [-0.1, -0.05) is 6.92 Å². The van der Waals surface area contributed by atoms with Crippen molar-refractivity contribution in [1.29, 1.82) is 0 Å². The van der Waals surface area contributed by atoms with Gasteiger partial charge in [-0.15, -0.1) is 24.0 Å². The highest BCUT2D eigenvalue weighted by molar-refractivity contribution is 14.0. The molecule has 0 aromatic carbocycles. The Balaban J connectivity index is 0.00000484. The molecule has 0 saturated carbocycles. The molecular formula is C17H37IN4O. The van der Waals surface area contributed by atoms with Gasteiger partial charge in [-0.3, -0.25) is 4.99 Å².